The molecule has 0 aliphatic carbocycles. The van der Waals surface area contributed by atoms with E-state index in [1.54, 1.807) is 6.92 Å². The molecule has 1 aromatic rings. The summed E-state index contributed by atoms with van der Waals surface area (Å²) in [5.74, 6) is -1.61. The lowest BCUT2D eigenvalue weighted by Crippen LogP contribution is -2.32. The molecular weight excluding hydrogens is 294 g/mol. The summed E-state index contributed by atoms with van der Waals surface area (Å²) in [4.78, 5) is 22.9. The molecule has 16 heavy (non-hydrogen) atoms. The van der Waals surface area contributed by atoms with Crippen molar-refractivity contribution in [3.63, 3.8) is 0 Å². The number of halogens is 1. The molecule has 0 aromatic carbocycles. The highest BCUT2D eigenvalue weighted by molar-refractivity contribution is 9.11. The minimum absolute atomic E-state index is 0.151. The maximum Gasteiger partial charge on any atom is 0.308 e. The average molecular weight is 306 g/mol. The van der Waals surface area contributed by atoms with Crippen LogP contribution in [0.1, 0.15) is 11.8 Å². The van der Waals surface area contributed by atoms with Crippen molar-refractivity contribution in [3.8, 4) is 0 Å². The molecule has 1 amide bonds. The van der Waals surface area contributed by atoms with Crippen molar-refractivity contribution in [2.45, 2.75) is 13.3 Å². The van der Waals surface area contributed by atoms with Gasteiger partial charge in [0.2, 0.25) is 5.91 Å². The van der Waals surface area contributed by atoms with E-state index < -0.39 is 11.9 Å². The van der Waals surface area contributed by atoms with Crippen LogP contribution in [-0.2, 0) is 16.0 Å². The van der Waals surface area contributed by atoms with Gasteiger partial charge in [0.1, 0.15) is 0 Å². The molecule has 2 N–H and O–H groups in total. The van der Waals surface area contributed by atoms with Crippen LogP contribution >= 0.6 is 27.3 Å². The molecule has 0 saturated heterocycles. The predicted octanol–water partition coefficient (Wildman–Crippen LogP) is 1.89. The van der Waals surface area contributed by atoms with Crippen molar-refractivity contribution >= 4 is 39.1 Å². The number of thiophene rings is 1. The fraction of sp³-hybridized carbons (Fsp3) is 0.400. The molecule has 0 aliphatic rings. The van der Waals surface area contributed by atoms with E-state index in [1.807, 2.05) is 12.1 Å². The molecule has 0 bridgehead atoms. The zero-order chi connectivity index (χ0) is 12.1. The summed E-state index contributed by atoms with van der Waals surface area (Å²) in [7, 11) is 0. The number of nitrogens with one attached hydrogen (secondary N) is 1. The second-order valence-electron chi connectivity index (χ2n) is 3.43. The van der Waals surface area contributed by atoms with Gasteiger partial charge in [0.05, 0.1) is 16.1 Å². The molecule has 0 saturated carbocycles. The normalized spacial score (nSPS) is 12.1. The number of hydrogen-bond acceptors (Lipinski definition) is 3. The van der Waals surface area contributed by atoms with Gasteiger partial charge in [0.25, 0.3) is 0 Å². The van der Waals surface area contributed by atoms with Crippen LogP contribution in [0.3, 0.4) is 0 Å². The molecule has 0 fully saturated rings. The minimum atomic E-state index is -0.904. The number of hydrogen-bond donors (Lipinski definition) is 2. The summed E-state index contributed by atoms with van der Waals surface area (Å²) in [5, 5.41) is 11.2. The van der Waals surface area contributed by atoms with Crippen molar-refractivity contribution in [1.29, 1.82) is 0 Å². The number of amides is 1. The third kappa shape index (κ3) is 4.32. The minimum Gasteiger partial charge on any atom is -0.481 e. The summed E-state index contributed by atoms with van der Waals surface area (Å²) in [6.07, 6.45) is 0.294. The lowest BCUT2D eigenvalue weighted by Gasteiger charge is -2.07. The standard InChI is InChI=1S/C10H12BrNO3S/c1-6(10(14)15)5-12-9(13)4-7-2-3-8(11)16-7/h2-3,6H,4-5H2,1H3,(H,12,13)(H,14,15). The Morgan fingerprint density at radius 3 is 2.75 bits per heavy atom. The van der Waals surface area contributed by atoms with E-state index in [0.717, 1.165) is 8.66 Å². The Bertz CT molecular complexity index is 391. The maximum absolute atomic E-state index is 11.4. The van der Waals surface area contributed by atoms with Crippen LogP contribution in [0.25, 0.3) is 0 Å². The summed E-state index contributed by atoms with van der Waals surface area (Å²) < 4.78 is 0.981. The molecule has 0 aliphatic heterocycles. The molecule has 1 rings (SSSR count). The first-order valence-electron chi connectivity index (χ1n) is 4.72. The third-order valence-corrected chi connectivity index (χ3v) is 3.61. The molecule has 6 heteroatoms. The van der Waals surface area contributed by atoms with Gasteiger partial charge in [0, 0.05) is 11.4 Å². The number of carboxylic acid groups (broad SMARTS) is 1. The van der Waals surface area contributed by atoms with Gasteiger partial charge < -0.3 is 10.4 Å². The van der Waals surface area contributed by atoms with E-state index >= 15 is 0 Å². The van der Waals surface area contributed by atoms with Gasteiger partial charge >= 0.3 is 5.97 Å². The number of carboxylic acids is 1. The Hall–Kier alpha value is -0.880. The lowest BCUT2D eigenvalue weighted by molar-refractivity contribution is -0.141. The SMILES string of the molecule is CC(CNC(=O)Cc1ccc(Br)s1)C(=O)O. The van der Waals surface area contributed by atoms with E-state index in [-0.39, 0.29) is 12.5 Å². The highest BCUT2D eigenvalue weighted by Crippen LogP contribution is 2.22. The van der Waals surface area contributed by atoms with E-state index in [4.69, 9.17) is 5.11 Å². The largest absolute Gasteiger partial charge is 0.481 e. The highest BCUT2D eigenvalue weighted by Gasteiger charge is 2.12. The topological polar surface area (TPSA) is 66.4 Å². The average Bonchev–Trinajstić information content (AvgIpc) is 2.60. The first kappa shape index (κ1) is 13.2. The highest BCUT2D eigenvalue weighted by atomic mass is 79.9. The lowest BCUT2D eigenvalue weighted by atomic mass is 10.2. The van der Waals surface area contributed by atoms with Crippen LogP contribution in [0, 0.1) is 5.92 Å². The second-order valence-corrected chi connectivity index (χ2v) is 5.97. The van der Waals surface area contributed by atoms with E-state index in [9.17, 15) is 9.59 Å². The van der Waals surface area contributed by atoms with Gasteiger partial charge in [-0.25, -0.2) is 0 Å². The number of aliphatic carboxylic acids is 1. The third-order valence-electron chi connectivity index (χ3n) is 1.99. The Labute approximate surface area is 106 Å². The zero-order valence-electron chi connectivity index (χ0n) is 8.70. The van der Waals surface area contributed by atoms with E-state index in [1.165, 1.54) is 11.3 Å². The predicted molar refractivity (Wildman–Crippen MR) is 65.5 cm³/mol. The second kappa shape index (κ2) is 6.00. The summed E-state index contributed by atoms with van der Waals surface area (Å²) in [6, 6.07) is 3.75. The molecule has 4 nitrogen and oxygen atoms in total. The first-order valence-corrected chi connectivity index (χ1v) is 6.33. The monoisotopic (exact) mass is 305 g/mol. The van der Waals surface area contributed by atoms with Gasteiger partial charge in [-0.2, -0.15) is 0 Å². The van der Waals surface area contributed by atoms with Crippen molar-refractivity contribution < 1.29 is 14.7 Å². The van der Waals surface area contributed by atoms with Gasteiger partial charge in [-0.05, 0) is 28.1 Å². The number of rotatable bonds is 5. The Morgan fingerprint density at radius 1 is 1.56 bits per heavy atom. The zero-order valence-corrected chi connectivity index (χ0v) is 11.1. The van der Waals surface area contributed by atoms with Gasteiger partial charge in [-0.15, -0.1) is 11.3 Å². The molecular formula is C10H12BrNO3S. The maximum atomic E-state index is 11.4. The van der Waals surface area contributed by atoms with Crippen LogP contribution in [0.2, 0.25) is 0 Å². The number of carbonyl (C=O) groups excluding carboxylic acids is 1. The molecule has 0 radical (unpaired) electrons. The van der Waals surface area contributed by atoms with E-state index in [0.29, 0.717) is 6.42 Å². The molecule has 1 aromatic heterocycles. The van der Waals surface area contributed by atoms with Crippen molar-refractivity contribution in [2.24, 2.45) is 5.92 Å². The fourth-order valence-electron chi connectivity index (χ4n) is 1.02. The fourth-order valence-corrected chi connectivity index (χ4v) is 2.50. The molecule has 1 atom stereocenters. The summed E-state index contributed by atoms with van der Waals surface area (Å²) in [6.45, 7) is 1.73. The summed E-state index contributed by atoms with van der Waals surface area (Å²) >= 11 is 4.81. The van der Waals surface area contributed by atoms with E-state index in [2.05, 4.69) is 21.2 Å². The van der Waals surface area contributed by atoms with Crippen molar-refractivity contribution in [3.05, 3.63) is 20.8 Å². The van der Waals surface area contributed by atoms with Crippen LogP contribution in [0.15, 0.2) is 15.9 Å². The van der Waals surface area contributed by atoms with Crippen molar-refractivity contribution in [1.82, 2.24) is 5.32 Å². The van der Waals surface area contributed by atoms with Gasteiger partial charge in [0.15, 0.2) is 0 Å². The smallest absolute Gasteiger partial charge is 0.308 e. The Morgan fingerprint density at radius 2 is 2.25 bits per heavy atom. The van der Waals surface area contributed by atoms with Crippen LogP contribution < -0.4 is 5.32 Å². The molecule has 1 heterocycles. The van der Waals surface area contributed by atoms with Gasteiger partial charge in [-0.1, -0.05) is 6.92 Å². The van der Waals surface area contributed by atoms with Crippen LogP contribution in [0.4, 0.5) is 0 Å². The molecule has 1 unspecified atom stereocenters. The number of carbonyl (C=O) groups is 2. The summed E-state index contributed by atoms with van der Waals surface area (Å²) in [5.41, 5.74) is 0. The Balaban J connectivity index is 2.34. The molecule has 88 valence electrons. The van der Waals surface area contributed by atoms with Crippen LogP contribution in [0.5, 0.6) is 0 Å². The quantitative estimate of drug-likeness (QED) is 0.873. The molecule has 0 spiro atoms. The Kier molecular flexibility index (Phi) is 4.95. The van der Waals surface area contributed by atoms with Gasteiger partial charge in [-0.3, -0.25) is 9.59 Å². The van der Waals surface area contributed by atoms with Crippen molar-refractivity contribution in [2.75, 3.05) is 6.54 Å². The van der Waals surface area contributed by atoms with Crippen LogP contribution in [-0.4, -0.2) is 23.5 Å². The first-order chi connectivity index (χ1) is 7.49.